The summed E-state index contributed by atoms with van der Waals surface area (Å²) in [5.41, 5.74) is 6.57. The van der Waals surface area contributed by atoms with Crippen molar-refractivity contribution < 1.29 is 13.0 Å². The van der Waals surface area contributed by atoms with Gasteiger partial charge in [0.1, 0.15) is 0 Å². The van der Waals surface area contributed by atoms with Gasteiger partial charge in [-0.1, -0.05) is 42.5 Å². The van der Waals surface area contributed by atoms with Crippen molar-refractivity contribution >= 4 is 113 Å². The van der Waals surface area contributed by atoms with Gasteiger partial charge in [-0.2, -0.15) is 8.42 Å². The van der Waals surface area contributed by atoms with E-state index < -0.39 is 10.1 Å². The number of hydrogen-bond acceptors (Lipinski definition) is 2. The number of hydrogen-bond donors (Lipinski definition) is 1. The molecule has 0 saturated carbocycles. The van der Waals surface area contributed by atoms with Gasteiger partial charge in [0.25, 0.3) is 10.1 Å². The molecular weight excluding hydrogens is 362 g/mol. The summed E-state index contributed by atoms with van der Waals surface area (Å²) < 4.78 is 30.1. The Kier molecular flexibility index (Phi) is 9.94. The predicted octanol–water partition coefficient (Wildman–Crippen LogP) is 2.17. The normalized spacial score (nSPS) is 11.9. The fraction of sp³-hybridized carbons (Fsp3) is 0.294. The second kappa shape index (κ2) is 10.1. The van der Waals surface area contributed by atoms with Crippen LogP contribution < -0.4 is 0 Å². The van der Waals surface area contributed by atoms with Crippen molar-refractivity contribution in [3.63, 3.8) is 0 Å². The predicted molar refractivity (Wildman–Crippen MR) is 98.3 cm³/mol. The van der Waals surface area contributed by atoms with E-state index in [0.717, 1.165) is 19.3 Å². The van der Waals surface area contributed by atoms with Crippen LogP contribution in [0.3, 0.4) is 0 Å². The summed E-state index contributed by atoms with van der Waals surface area (Å²) in [4.78, 5) is 0. The molecule has 0 radical (unpaired) electrons. The van der Waals surface area contributed by atoms with E-state index in [1.807, 2.05) is 0 Å². The summed E-state index contributed by atoms with van der Waals surface area (Å²) in [6.45, 7) is 0. The van der Waals surface area contributed by atoms with E-state index in [9.17, 15) is 8.42 Å². The van der Waals surface area contributed by atoms with Crippen molar-refractivity contribution in [1.29, 1.82) is 0 Å². The molecule has 114 valence electrons. The van der Waals surface area contributed by atoms with Gasteiger partial charge >= 0.3 is 103 Å². The third-order valence-corrected chi connectivity index (χ3v) is 4.79. The molecule has 0 bridgehead atoms. The minimum absolute atomic E-state index is 0. The molecule has 1 aliphatic carbocycles. The Morgan fingerprint density at radius 2 is 1.61 bits per heavy atom. The molecule has 1 N–H and O–H groups in total. The van der Waals surface area contributed by atoms with Crippen molar-refractivity contribution in [3.05, 3.63) is 59.2 Å². The Morgan fingerprint density at radius 3 is 2.35 bits per heavy atom. The van der Waals surface area contributed by atoms with E-state index in [4.69, 9.17) is 4.55 Å². The molecule has 3 nitrogen and oxygen atoms in total. The van der Waals surface area contributed by atoms with Crippen molar-refractivity contribution in [2.75, 3.05) is 5.75 Å². The Labute approximate surface area is 223 Å². The standard InChI is InChI=1S/C17H18O3S.2K.2H/c18-21(19,20)10-4-3-5-13-8-9-15-12-14-6-1-2-7-16(14)17(15)11-13;;;;/h1-2,6-9,11H,3-5,10,12H2,(H,18,19,20);;;;. The number of rotatable bonds is 5. The van der Waals surface area contributed by atoms with Crippen molar-refractivity contribution in [2.45, 2.75) is 25.7 Å². The topological polar surface area (TPSA) is 54.4 Å². The van der Waals surface area contributed by atoms with Crippen LogP contribution in [0, 0.1) is 0 Å². The van der Waals surface area contributed by atoms with Gasteiger partial charge in [-0.3, -0.25) is 4.55 Å². The molecule has 0 atom stereocenters. The summed E-state index contributed by atoms with van der Waals surface area (Å²) >= 11 is 0. The monoisotopic (exact) mass is 382 g/mol. The third-order valence-electron chi connectivity index (χ3n) is 3.98. The SMILES string of the molecule is O=S(=O)(O)CCCCc1ccc2c(c1)-c1ccccc1C2.[KH].[KH]. The Bertz CT molecular complexity index is 773. The first-order chi connectivity index (χ1) is 10.0. The molecule has 0 unspecified atom stereocenters. The van der Waals surface area contributed by atoms with E-state index in [1.165, 1.54) is 27.8 Å². The molecule has 1 aliphatic rings. The van der Waals surface area contributed by atoms with Crippen LogP contribution in [0.25, 0.3) is 11.1 Å². The van der Waals surface area contributed by atoms with Gasteiger partial charge in [-0.25, -0.2) is 0 Å². The van der Waals surface area contributed by atoms with Gasteiger partial charge < -0.3 is 0 Å². The fourth-order valence-electron chi connectivity index (χ4n) is 2.94. The molecule has 6 heteroatoms. The molecule has 0 aromatic heterocycles. The minimum atomic E-state index is -3.83. The van der Waals surface area contributed by atoms with Crippen LogP contribution in [-0.2, 0) is 23.0 Å². The second-order valence-corrected chi connectivity index (χ2v) is 7.14. The molecule has 0 amide bonds. The number of benzene rings is 2. The van der Waals surface area contributed by atoms with E-state index in [2.05, 4.69) is 42.5 Å². The molecule has 0 saturated heterocycles. The quantitative estimate of drug-likeness (QED) is 0.418. The molecular formula is C17H20K2O3S. The van der Waals surface area contributed by atoms with Crippen LogP contribution in [0.4, 0.5) is 0 Å². The average molecular weight is 383 g/mol. The molecule has 0 aliphatic heterocycles. The summed E-state index contributed by atoms with van der Waals surface area (Å²) in [7, 11) is -3.83. The van der Waals surface area contributed by atoms with E-state index in [0.29, 0.717) is 6.42 Å². The van der Waals surface area contributed by atoms with Gasteiger partial charge in [0, 0.05) is 0 Å². The molecule has 3 rings (SSSR count). The number of aryl methyl sites for hydroxylation is 1. The van der Waals surface area contributed by atoms with Crippen molar-refractivity contribution in [1.82, 2.24) is 0 Å². The van der Waals surface area contributed by atoms with Gasteiger partial charge in [0.15, 0.2) is 0 Å². The zero-order valence-corrected chi connectivity index (χ0v) is 12.6. The van der Waals surface area contributed by atoms with Crippen LogP contribution in [0.15, 0.2) is 42.5 Å². The summed E-state index contributed by atoms with van der Waals surface area (Å²) in [5.74, 6) is -0.152. The van der Waals surface area contributed by atoms with Crippen molar-refractivity contribution in [2.24, 2.45) is 0 Å². The Balaban J connectivity index is 0.00000132. The van der Waals surface area contributed by atoms with Crippen LogP contribution in [-0.4, -0.2) is 121 Å². The van der Waals surface area contributed by atoms with Gasteiger partial charge in [-0.05, 0) is 53.5 Å². The maximum atomic E-state index is 10.7. The first kappa shape index (κ1) is 22.7. The van der Waals surface area contributed by atoms with E-state index in [1.54, 1.807) is 0 Å². The summed E-state index contributed by atoms with van der Waals surface area (Å²) in [6.07, 6.45) is 3.09. The fourth-order valence-corrected chi connectivity index (χ4v) is 3.51. The first-order valence-corrected chi connectivity index (χ1v) is 8.79. The third kappa shape index (κ3) is 6.38. The average Bonchev–Trinajstić information content (AvgIpc) is 2.81. The molecule has 2 aromatic rings. The zero-order valence-electron chi connectivity index (χ0n) is 11.7. The van der Waals surface area contributed by atoms with Gasteiger partial charge in [0.05, 0.1) is 5.75 Å². The van der Waals surface area contributed by atoms with E-state index in [-0.39, 0.29) is 109 Å². The maximum absolute atomic E-state index is 10.7. The van der Waals surface area contributed by atoms with Crippen LogP contribution in [0.5, 0.6) is 0 Å². The van der Waals surface area contributed by atoms with E-state index >= 15 is 0 Å². The van der Waals surface area contributed by atoms with Crippen LogP contribution in [0.1, 0.15) is 29.5 Å². The van der Waals surface area contributed by atoms with Crippen molar-refractivity contribution in [3.8, 4) is 11.1 Å². The van der Waals surface area contributed by atoms with Gasteiger partial charge in [-0.15, -0.1) is 0 Å². The molecule has 0 fully saturated rings. The zero-order chi connectivity index (χ0) is 14.9. The van der Waals surface area contributed by atoms with Crippen LogP contribution >= 0.6 is 0 Å². The molecule has 0 spiro atoms. The van der Waals surface area contributed by atoms with Crippen LogP contribution in [0.2, 0.25) is 0 Å². The van der Waals surface area contributed by atoms with Gasteiger partial charge in [0.2, 0.25) is 0 Å². The molecule has 2 aromatic carbocycles. The number of fused-ring (bicyclic) bond motifs is 3. The second-order valence-electron chi connectivity index (χ2n) is 5.57. The summed E-state index contributed by atoms with van der Waals surface area (Å²) in [5, 5.41) is 0. The first-order valence-electron chi connectivity index (χ1n) is 7.18. The molecule has 0 heterocycles. The Hall–Kier alpha value is 1.62. The molecule has 23 heavy (non-hydrogen) atoms. The summed E-state index contributed by atoms with van der Waals surface area (Å²) in [6, 6.07) is 15.0. The number of unbranched alkanes of at least 4 members (excludes halogenated alkanes) is 1. The Morgan fingerprint density at radius 1 is 0.913 bits per heavy atom.